The van der Waals surface area contributed by atoms with Crippen molar-refractivity contribution in [1.82, 2.24) is 9.97 Å². The minimum Gasteiger partial charge on any atom is -0.490 e. The van der Waals surface area contributed by atoms with E-state index in [2.05, 4.69) is 30.7 Å². The van der Waals surface area contributed by atoms with Crippen LogP contribution < -0.4 is 9.47 Å². The summed E-state index contributed by atoms with van der Waals surface area (Å²) < 4.78 is 16.8. The SMILES string of the molecule is CC1CCCCO1.CCCCCCC(C)COc1ncc(OCC)c(-c2ccccc2)n1. The highest BCUT2D eigenvalue weighted by molar-refractivity contribution is 5.65. The molecule has 2 aromatic rings. The van der Waals surface area contributed by atoms with Crippen molar-refractivity contribution in [3.05, 3.63) is 36.5 Å². The van der Waals surface area contributed by atoms with E-state index in [0.717, 1.165) is 17.9 Å². The molecule has 178 valence electrons. The van der Waals surface area contributed by atoms with E-state index in [4.69, 9.17) is 14.2 Å². The van der Waals surface area contributed by atoms with E-state index in [0.29, 0.717) is 37.0 Å². The van der Waals surface area contributed by atoms with Crippen LogP contribution in [0.3, 0.4) is 0 Å². The zero-order valence-electron chi connectivity index (χ0n) is 20.5. The molecule has 1 aliphatic rings. The van der Waals surface area contributed by atoms with Crippen molar-refractivity contribution in [1.29, 1.82) is 0 Å². The molecule has 0 aliphatic carbocycles. The monoisotopic (exact) mass is 442 g/mol. The second-order valence-corrected chi connectivity index (χ2v) is 8.61. The van der Waals surface area contributed by atoms with Crippen molar-refractivity contribution in [2.75, 3.05) is 19.8 Å². The van der Waals surface area contributed by atoms with Crippen LogP contribution in [0.15, 0.2) is 36.5 Å². The minimum absolute atomic E-state index is 0.419. The lowest BCUT2D eigenvalue weighted by molar-refractivity contribution is 0.0285. The molecule has 0 bridgehead atoms. The molecule has 1 aromatic carbocycles. The first-order valence-corrected chi connectivity index (χ1v) is 12.4. The van der Waals surface area contributed by atoms with Crippen molar-refractivity contribution in [2.24, 2.45) is 5.92 Å². The molecular weight excluding hydrogens is 400 g/mol. The quantitative estimate of drug-likeness (QED) is 0.347. The van der Waals surface area contributed by atoms with Gasteiger partial charge in [-0.25, -0.2) is 0 Å². The molecule has 0 saturated carbocycles. The summed E-state index contributed by atoms with van der Waals surface area (Å²) in [4.78, 5) is 8.89. The van der Waals surface area contributed by atoms with Crippen LogP contribution >= 0.6 is 0 Å². The van der Waals surface area contributed by atoms with Crippen LogP contribution in [0.5, 0.6) is 11.8 Å². The molecule has 1 fully saturated rings. The highest BCUT2D eigenvalue weighted by atomic mass is 16.5. The van der Waals surface area contributed by atoms with Crippen molar-refractivity contribution in [2.45, 2.75) is 85.2 Å². The first kappa shape index (κ1) is 26.1. The second kappa shape index (κ2) is 15.6. The van der Waals surface area contributed by atoms with Gasteiger partial charge in [-0.2, -0.15) is 9.97 Å². The maximum Gasteiger partial charge on any atom is 0.317 e. The van der Waals surface area contributed by atoms with Gasteiger partial charge >= 0.3 is 6.01 Å². The fourth-order valence-electron chi connectivity index (χ4n) is 3.61. The van der Waals surface area contributed by atoms with Crippen molar-refractivity contribution >= 4 is 0 Å². The van der Waals surface area contributed by atoms with E-state index in [1.807, 2.05) is 37.3 Å². The fraction of sp³-hybridized carbons (Fsp3) is 0.630. The Bertz CT molecular complexity index is 733. The van der Waals surface area contributed by atoms with Gasteiger partial charge in [0.1, 0.15) is 5.69 Å². The summed E-state index contributed by atoms with van der Waals surface area (Å²) in [6, 6.07) is 10.4. The number of hydrogen-bond acceptors (Lipinski definition) is 5. The van der Waals surface area contributed by atoms with Crippen LogP contribution in [0.4, 0.5) is 0 Å². The molecule has 2 unspecified atom stereocenters. The van der Waals surface area contributed by atoms with Gasteiger partial charge in [0.05, 0.1) is 25.5 Å². The summed E-state index contributed by atoms with van der Waals surface area (Å²) >= 11 is 0. The predicted octanol–water partition coefficient (Wildman–Crippen LogP) is 7.10. The number of rotatable bonds is 11. The van der Waals surface area contributed by atoms with Gasteiger partial charge in [-0.3, -0.25) is 0 Å². The maximum absolute atomic E-state index is 5.84. The topological polar surface area (TPSA) is 53.5 Å². The molecule has 1 saturated heterocycles. The van der Waals surface area contributed by atoms with Crippen LogP contribution in [-0.4, -0.2) is 35.9 Å². The standard InChI is InChI=1S/C21H30N2O2.C6H12O/c1-4-6-7-9-12-17(3)16-25-21-22-15-19(24-5-2)20(23-21)18-13-10-8-11-14-18;1-6-4-2-3-5-7-6/h8,10-11,13-15,17H,4-7,9,12,16H2,1-3H3;6H,2-5H2,1H3. The Morgan fingerprint density at radius 2 is 1.88 bits per heavy atom. The number of ether oxygens (including phenoxy) is 3. The van der Waals surface area contributed by atoms with Gasteiger partial charge < -0.3 is 14.2 Å². The largest absolute Gasteiger partial charge is 0.490 e. The molecule has 5 nitrogen and oxygen atoms in total. The molecule has 32 heavy (non-hydrogen) atoms. The van der Waals surface area contributed by atoms with Crippen LogP contribution in [0, 0.1) is 5.92 Å². The van der Waals surface area contributed by atoms with E-state index in [1.54, 1.807) is 6.20 Å². The summed E-state index contributed by atoms with van der Waals surface area (Å²) in [6.45, 7) is 10.8. The van der Waals surface area contributed by atoms with E-state index >= 15 is 0 Å². The highest BCUT2D eigenvalue weighted by Crippen LogP contribution is 2.29. The van der Waals surface area contributed by atoms with Gasteiger partial charge in [-0.15, -0.1) is 0 Å². The zero-order chi connectivity index (χ0) is 23.0. The molecule has 5 heteroatoms. The predicted molar refractivity (Wildman–Crippen MR) is 131 cm³/mol. The third-order valence-corrected chi connectivity index (χ3v) is 5.53. The molecular formula is C27H42N2O3. The van der Waals surface area contributed by atoms with E-state index in [1.165, 1.54) is 51.4 Å². The molecule has 2 atom stereocenters. The first-order chi connectivity index (χ1) is 15.6. The Kier molecular flexibility index (Phi) is 12.8. The van der Waals surface area contributed by atoms with Gasteiger partial charge in [0.15, 0.2) is 5.75 Å². The molecule has 3 rings (SSSR count). The summed E-state index contributed by atoms with van der Waals surface area (Å²) in [5.74, 6) is 1.20. The molecule has 2 heterocycles. The number of aromatic nitrogens is 2. The van der Waals surface area contributed by atoms with E-state index < -0.39 is 0 Å². The van der Waals surface area contributed by atoms with Crippen LogP contribution in [0.2, 0.25) is 0 Å². The van der Waals surface area contributed by atoms with E-state index in [9.17, 15) is 0 Å². The lowest BCUT2D eigenvalue weighted by Gasteiger charge is -2.17. The Morgan fingerprint density at radius 1 is 1.06 bits per heavy atom. The molecule has 1 aromatic heterocycles. The average Bonchev–Trinajstić information content (AvgIpc) is 2.83. The highest BCUT2D eigenvalue weighted by Gasteiger charge is 2.12. The molecule has 0 radical (unpaired) electrons. The molecule has 0 amide bonds. The molecule has 1 aliphatic heterocycles. The fourth-order valence-corrected chi connectivity index (χ4v) is 3.61. The second-order valence-electron chi connectivity index (χ2n) is 8.61. The van der Waals surface area contributed by atoms with E-state index in [-0.39, 0.29) is 0 Å². The van der Waals surface area contributed by atoms with Crippen LogP contribution in [0.1, 0.15) is 79.1 Å². The summed E-state index contributed by atoms with van der Waals surface area (Å²) in [6.07, 6.45) is 12.5. The number of benzene rings is 1. The van der Waals surface area contributed by atoms with Gasteiger partial charge in [-0.1, -0.05) is 69.9 Å². The first-order valence-electron chi connectivity index (χ1n) is 12.4. The van der Waals surface area contributed by atoms with Crippen LogP contribution in [0.25, 0.3) is 11.3 Å². The molecule has 0 N–H and O–H groups in total. The Balaban J connectivity index is 0.000000439. The normalized spacial score (nSPS) is 16.6. The summed E-state index contributed by atoms with van der Waals surface area (Å²) in [5, 5.41) is 0. The van der Waals surface area contributed by atoms with Crippen LogP contribution in [-0.2, 0) is 4.74 Å². The smallest absolute Gasteiger partial charge is 0.317 e. The molecule has 0 spiro atoms. The maximum atomic E-state index is 5.84. The summed E-state index contributed by atoms with van der Waals surface area (Å²) in [7, 11) is 0. The van der Waals surface area contributed by atoms with Gasteiger partial charge in [0, 0.05) is 12.2 Å². The third kappa shape index (κ3) is 9.99. The van der Waals surface area contributed by atoms with Crippen molar-refractivity contribution in [3.8, 4) is 23.0 Å². The number of nitrogens with zero attached hydrogens (tertiary/aromatic N) is 2. The Hall–Kier alpha value is -2.14. The van der Waals surface area contributed by atoms with Crippen molar-refractivity contribution in [3.63, 3.8) is 0 Å². The third-order valence-electron chi connectivity index (χ3n) is 5.53. The Morgan fingerprint density at radius 3 is 2.50 bits per heavy atom. The number of hydrogen-bond donors (Lipinski definition) is 0. The zero-order valence-corrected chi connectivity index (χ0v) is 20.5. The lowest BCUT2D eigenvalue weighted by atomic mass is 10.0. The van der Waals surface area contributed by atoms with Gasteiger partial charge in [0.2, 0.25) is 0 Å². The van der Waals surface area contributed by atoms with Gasteiger partial charge in [-0.05, 0) is 45.4 Å². The number of unbranched alkanes of at least 4 members (excludes halogenated alkanes) is 3. The van der Waals surface area contributed by atoms with Gasteiger partial charge in [0.25, 0.3) is 0 Å². The average molecular weight is 443 g/mol. The Labute approximate surface area is 194 Å². The van der Waals surface area contributed by atoms with Crippen molar-refractivity contribution < 1.29 is 14.2 Å². The summed E-state index contributed by atoms with van der Waals surface area (Å²) in [5.41, 5.74) is 1.79. The lowest BCUT2D eigenvalue weighted by Crippen LogP contribution is -2.14. The minimum atomic E-state index is 0.419.